The zero-order valence-electron chi connectivity index (χ0n) is 13.6. The summed E-state index contributed by atoms with van der Waals surface area (Å²) in [7, 11) is 0. The summed E-state index contributed by atoms with van der Waals surface area (Å²) in [6, 6.07) is 0.499. The smallest absolute Gasteiger partial charge is 0.219 e. The minimum atomic E-state index is 0.129. The van der Waals surface area contributed by atoms with Gasteiger partial charge in [-0.1, -0.05) is 34.1 Å². The van der Waals surface area contributed by atoms with Crippen molar-refractivity contribution < 1.29 is 9.59 Å². The van der Waals surface area contributed by atoms with E-state index in [1.807, 2.05) is 13.8 Å². The van der Waals surface area contributed by atoms with Crippen molar-refractivity contribution in [3.05, 3.63) is 0 Å². The molecule has 0 rings (SSSR count). The molecule has 0 unspecified atom stereocenters. The Morgan fingerprint density at radius 3 is 2.10 bits per heavy atom. The van der Waals surface area contributed by atoms with Gasteiger partial charge in [0, 0.05) is 31.3 Å². The van der Waals surface area contributed by atoms with Crippen LogP contribution in [0.1, 0.15) is 66.2 Å². The topological polar surface area (TPSA) is 58.2 Å². The molecule has 0 aliphatic heterocycles. The molecule has 0 aromatic heterocycles. The van der Waals surface area contributed by atoms with Gasteiger partial charge in [0.2, 0.25) is 5.91 Å². The molecule has 0 radical (unpaired) electrons. The molecule has 118 valence electrons. The monoisotopic (exact) mass is 284 g/mol. The number of Topliss-reactive ketones (excluding diaryl/α,β-unsaturated/α-hetero) is 1. The second-order valence-electron chi connectivity index (χ2n) is 5.99. The number of carbonyl (C=O) groups excluding carboxylic acids is 2. The van der Waals surface area contributed by atoms with E-state index in [1.165, 1.54) is 0 Å². The summed E-state index contributed by atoms with van der Waals surface area (Å²) in [6.07, 6.45) is 4.94. The molecule has 4 nitrogen and oxygen atoms in total. The van der Waals surface area contributed by atoms with Gasteiger partial charge in [-0.25, -0.2) is 0 Å². The standard InChI is InChI=1S/C16H32N2O2/c1-13(2)15(19)9-6-5-7-10-16(20)18-12-8-11-17-14(3)4/h13-14,17H,5-12H2,1-4H3,(H,18,20). The van der Waals surface area contributed by atoms with Crippen molar-refractivity contribution in [1.29, 1.82) is 0 Å². The van der Waals surface area contributed by atoms with E-state index < -0.39 is 0 Å². The van der Waals surface area contributed by atoms with Crippen LogP contribution in [-0.2, 0) is 9.59 Å². The number of ketones is 1. The summed E-state index contributed by atoms with van der Waals surface area (Å²) in [5, 5.41) is 6.24. The van der Waals surface area contributed by atoms with Gasteiger partial charge in [0.1, 0.15) is 5.78 Å². The van der Waals surface area contributed by atoms with Crippen molar-refractivity contribution in [1.82, 2.24) is 10.6 Å². The molecule has 0 aliphatic rings. The van der Waals surface area contributed by atoms with E-state index in [1.54, 1.807) is 0 Å². The van der Waals surface area contributed by atoms with Crippen molar-refractivity contribution in [2.75, 3.05) is 13.1 Å². The van der Waals surface area contributed by atoms with E-state index in [0.29, 0.717) is 24.7 Å². The van der Waals surface area contributed by atoms with Crippen molar-refractivity contribution in [3.8, 4) is 0 Å². The first-order chi connectivity index (χ1) is 9.43. The molecule has 0 heterocycles. The molecule has 0 aromatic carbocycles. The lowest BCUT2D eigenvalue weighted by molar-refractivity contribution is -0.122. The lowest BCUT2D eigenvalue weighted by Gasteiger charge is -2.08. The van der Waals surface area contributed by atoms with Crippen molar-refractivity contribution in [2.24, 2.45) is 5.92 Å². The van der Waals surface area contributed by atoms with Crippen LogP contribution in [0.5, 0.6) is 0 Å². The zero-order valence-corrected chi connectivity index (χ0v) is 13.6. The Morgan fingerprint density at radius 1 is 0.850 bits per heavy atom. The van der Waals surface area contributed by atoms with Crippen LogP contribution in [0.2, 0.25) is 0 Å². The van der Waals surface area contributed by atoms with Gasteiger partial charge in [-0.3, -0.25) is 9.59 Å². The van der Waals surface area contributed by atoms with Crippen LogP contribution in [0.15, 0.2) is 0 Å². The van der Waals surface area contributed by atoms with Gasteiger partial charge < -0.3 is 10.6 Å². The normalized spacial score (nSPS) is 11.1. The van der Waals surface area contributed by atoms with E-state index in [2.05, 4.69) is 24.5 Å². The predicted molar refractivity (Wildman–Crippen MR) is 83.7 cm³/mol. The fraction of sp³-hybridized carbons (Fsp3) is 0.875. The van der Waals surface area contributed by atoms with Crippen molar-refractivity contribution in [2.45, 2.75) is 72.3 Å². The molecule has 4 heteroatoms. The lowest BCUT2D eigenvalue weighted by atomic mass is 10.0. The van der Waals surface area contributed by atoms with Gasteiger partial charge in [0.25, 0.3) is 0 Å². The Hall–Kier alpha value is -0.900. The van der Waals surface area contributed by atoms with Gasteiger partial charge >= 0.3 is 0 Å². The number of hydrogen-bond donors (Lipinski definition) is 2. The van der Waals surface area contributed by atoms with Crippen LogP contribution in [-0.4, -0.2) is 30.8 Å². The first-order valence-corrected chi connectivity index (χ1v) is 7.96. The van der Waals surface area contributed by atoms with Crippen LogP contribution >= 0.6 is 0 Å². The van der Waals surface area contributed by atoms with Gasteiger partial charge in [-0.2, -0.15) is 0 Å². The summed E-state index contributed by atoms with van der Waals surface area (Å²) < 4.78 is 0. The van der Waals surface area contributed by atoms with E-state index in [-0.39, 0.29) is 11.8 Å². The van der Waals surface area contributed by atoms with E-state index >= 15 is 0 Å². The number of nitrogens with one attached hydrogen (secondary N) is 2. The molecule has 20 heavy (non-hydrogen) atoms. The summed E-state index contributed by atoms with van der Waals surface area (Å²) >= 11 is 0. The SMILES string of the molecule is CC(C)NCCCNC(=O)CCCCCC(=O)C(C)C. The molecule has 0 aliphatic carbocycles. The highest BCUT2D eigenvalue weighted by Gasteiger charge is 2.06. The minimum Gasteiger partial charge on any atom is -0.356 e. The van der Waals surface area contributed by atoms with Crippen LogP contribution in [0, 0.1) is 5.92 Å². The Balaban J connectivity index is 3.35. The summed E-state index contributed by atoms with van der Waals surface area (Å²) in [6.45, 7) is 9.78. The van der Waals surface area contributed by atoms with E-state index in [9.17, 15) is 9.59 Å². The third-order valence-electron chi connectivity index (χ3n) is 3.20. The molecule has 0 saturated heterocycles. The number of carbonyl (C=O) groups is 2. The number of unbranched alkanes of at least 4 members (excludes halogenated alkanes) is 2. The van der Waals surface area contributed by atoms with Crippen LogP contribution < -0.4 is 10.6 Å². The third kappa shape index (κ3) is 12.2. The Labute approximate surface area is 124 Å². The zero-order chi connectivity index (χ0) is 15.4. The molecule has 0 saturated carbocycles. The number of hydrogen-bond acceptors (Lipinski definition) is 3. The molecule has 0 spiro atoms. The van der Waals surface area contributed by atoms with Crippen LogP contribution in [0.25, 0.3) is 0 Å². The maximum atomic E-state index is 11.5. The summed E-state index contributed by atoms with van der Waals surface area (Å²) in [5.74, 6) is 0.592. The molecule has 0 fully saturated rings. The Morgan fingerprint density at radius 2 is 1.50 bits per heavy atom. The highest BCUT2D eigenvalue weighted by Crippen LogP contribution is 2.07. The van der Waals surface area contributed by atoms with Gasteiger partial charge in [-0.05, 0) is 25.8 Å². The average Bonchev–Trinajstić information content (AvgIpc) is 2.37. The van der Waals surface area contributed by atoms with Gasteiger partial charge in [0.05, 0.1) is 0 Å². The Bertz CT molecular complexity index is 276. The van der Waals surface area contributed by atoms with E-state index in [0.717, 1.165) is 38.8 Å². The van der Waals surface area contributed by atoms with Gasteiger partial charge in [0.15, 0.2) is 0 Å². The fourth-order valence-electron chi connectivity index (χ4n) is 1.85. The highest BCUT2D eigenvalue weighted by atomic mass is 16.1. The quantitative estimate of drug-likeness (QED) is 0.542. The van der Waals surface area contributed by atoms with Crippen molar-refractivity contribution >= 4 is 11.7 Å². The minimum absolute atomic E-state index is 0.129. The second kappa shape index (κ2) is 11.9. The first kappa shape index (κ1) is 19.1. The maximum Gasteiger partial charge on any atom is 0.219 e. The maximum absolute atomic E-state index is 11.5. The molecular weight excluding hydrogens is 252 g/mol. The summed E-state index contributed by atoms with van der Waals surface area (Å²) in [5.41, 5.74) is 0. The lowest BCUT2D eigenvalue weighted by Crippen LogP contribution is -2.29. The predicted octanol–water partition coefficient (Wildman–Crippen LogP) is 2.67. The van der Waals surface area contributed by atoms with Crippen molar-refractivity contribution in [3.63, 3.8) is 0 Å². The third-order valence-corrected chi connectivity index (χ3v) is 3.20. The van der Waals surface area contributed by atoms with Crippen LogP contribution in [0.3, 0.4) is 0 Å². The highest BCUT2D eigenvalue weighted by molar-refractivity contribution is 5.80. The molecule has 0 aromatic rings. The summed E-state index contributed by atoms with van der Waals surface area (Å²) in [4.78, 5) is 23.0. The molecule has 0 atom stereocenters. The Kier molecular flexibility index (Phi) is 11.4. The second-order valence-corrected chi connectivity index (χ2v) is 5.99. The molecule has 0 bridgehead atoms. The van der Waals surface area contributed by atoms with Crippen LogP contribution in [0.4, 0.5) is 0 Å². The largest absolute Gasteiger partial charge is 0.356 e. The average molecular weight is 284 g/mol. The number of rotatable bonds is 12. The van der Waals surface area contributed by atoms with Gasteiger partial charge in [-0.15, -0.1) is 0 Å². The molecular formula is C16H32N2O2. The molecule has 2 N–H and O–H groups in total. The van der Waals surface area contributed by atoms with E-state index in [4.69, 9.17) is 0 Å². The number of amides is 1. The first-order valence-electron chi connectivity index (χ1n) is 7.96. The fourth-order valence-corrected chi connectivity index (χ4v) is 1.85. The molecule has 1 amide bonds.